The Labute approximate surface area is 160 Å². The highest BCUT2D eigenvalue weighted by Gasteiger charge is 2.80. The fourth-order valence-electron chi connectivity index (χ4n) is 4.96. The third kappa shape index (κ3) is 1.88. The van der Waals surface area contributed by atoms with Crippen molar-refractivity contribution in [3.8, 4) is 18.2 Å². The average molecular weight is 377 g/mol. The summed E-state index contributed by atoms with van der Waals surface area (Å²) < 4.78 is 12.0. The molecule has 3 fully saturated rings. The van der Waals surface area contributed by atoms with E-state index in [1.54, 1.807) is 0 Å². The summed E-state index contributed by atoms with van der Waals surface area (Å²) in [6.07, 6.45) is 1.16. The zero-order valence-corrected chi connectivity index (χ0v) is 14.7. The molecule has 0 spiro atoms. The monoisotopic (exact) mass is 377 g/mol. The third-order valence-electron chi connectivity index (χ3n) is 6.20. The number of nitro benzene ring substituents is 1. The lowest BCUT2D eigenvalue weighted by Gasteiger charge is -2.51. The van der Waals surface area contributed by atoms with Gasteiger partial charge in [-0.1, -0.05) is 18.6 Å². The smallest absolute Gasteiger partial charge is 0.269 e. The Morgan fingerprint density at radius 2 is 1.96 bits per heavy atom. The van der Waals surface area contributed by atoms with Crippen LogP contribution in [-0.4, -0.2) is 16.6 Å². The number of benzene rings is 1. The SMILES string of the molecule is N#CC1(C#N)C(c2cccc([N+](=O)[O-])c2)OC23CCCCC2C1(C#N)C(=N)O3. The number of hydrogen-bond acceptors (Lipinski definition) is 8. The fourth-order valence-corrected chi connectivity index (χ4v) is 4.96. The summed E-state index contributed by atoms with van der Waals surface area (Å²) in [5.41, 5.74) is -3.86. The van der Waals surface area contributed by atoms with Crippen LogP contribution in [0.3, 0.4) is 0 Å². The minimum Gasteiger partial charge on any atom is -0.447 e. The predicted octanol–water partition coefficient (Wildman–Crippen LogP) is 3.10. The Kier molecular flexibility index (Phi) is 3.68. The van der Waals surface area contributed by atoms with Crippen molar-refractivity contribution < 1.29 is 14.4 Å². The van der Waals surface area contributed by atoms with Crippen LogP contribution in [-0.2, 0) is 9.47 Å². The first-order chi connectivity index (χ1) is 13.4. The van der Waals surface area contributed by atoms with Gasteiger partial charge >= 0.3 is 0 Å². The second-order valence-corrected chi connectivity index (χ2v) is 7.34. The molecule has 1 N–H and O–H groups in total. The standard InChI is InChI=1S/C19H15N5O4/c20-9-17(10-21)15(12-4-3-5-13(8-12)24(25)26)27-19-7-2-1-6-14(19)18(17,11-22)16(23)28-19/h3-5,8,14-15,23H,1-2,6-7H2. The Morgan fingerprint density at radius 3 is 2.61 bits per heavy atom. The van der Waals surface area contributed by atoms with E-state index in [-0.39, 0.29) is 11.3 Å². The van der Waals surface area contributed by atoms with Gasteiger partial charge in [-0.3, -0.25) is 15.5 Å². The molecule has 2 saturated heterocycles. The number of rotatable bonds is 2. The molecule has 4 atom stereocenters. The van der Waals surface area contributed by atoms with E-state index < -0.39 is 39.5 Å². The van der Waals surface area contributed by atoms with E-state index in [1.165, 1.54) is 24.3 Å². The van der Waals surface area contributed by atoms with Crippen LogP contribution in [0.2, 0.25) is 0 Å². The van der Waals surface area contributed by atoms with Crippen LogP contribution in [0.4, 0.5) is 5.69 Å². The second-order valence-electron chi connectivity index (χ2n) is 7.34. The van der Waals surface area contributed by atoms with Crippen molar-refractivity contribution in [2.45, 2.75) is 37.6 Å². The van der Waals surface area contributed by atoms with Crippen molar-refractivity contribution in [1.29, 1.82) is 21.2 Å². The Bertz CT molecular complexity index is 1000. The van der Waals surface area contributed by atoms with E-state index in [0.29, 0.717) is 12.8 Å². The summed E-state index contributed by atoms with van der Waals surface area (Å²) in [6, 6.07) is 11.5. The lowest BCUT2D eigenvalue weighted by atomic mass is 9.51. The molecule has 1 aliphatic carbocycles. The lowest BCUT2D eigenvalue weighted by molar-refractivity contribution is -0.385. The maximum Gasteiger partial charge on any atom is 0.269 e. The van der Waals surface area contributed by atoms with E-state index >= 15 is 0 Å². The zero-order valence-electron chi connectivity index (χ0n) is 14.7. The van der Waals surface area contributed by atoms with Gasteiger partial charge in [-0.2, -0.15) is 15.8 Å². The molecule has 9 heteroatoms. The van der Waals surface area contributed by atoms with Crippen LogP contribution in [0.25, 0.3) is 0 Å². The van der Waals surface area contributed by atoms with Gasteiger partial charge in [0, 0.05) is 18.6 Å². The molecule has 1 aromatic carbocycles. The van der Waals surface area contributed by atoms with Crippen LogP contribution >= 0.6 is 0 Å². The van der Waals surface area contributed by atoms with Gasteiger partial charge in [-0.05, 0) is 18.4 Å². The van der Waals surface area contributed by atoms with Gasteiger partial charge in [0.25, 0.3) is 5.69 Å². The molecular weight excluding hydrogens is 362 g/mol. The molecule has 28 heavy (non-hydrogen) atoms. The van der Waals surface area contributed by atoms with Crippen molar-refractivity contribution in [2.24, 2.45) is 16.7 Å². The van der Waals surface area contributed by atoms with Crippen LogP contribution < -0.4 is 0 Å². The van der Waals surface area contributed by atoms with Gasteiger partial charge in [0.15, 0.2) is 5.41 Å². The highest BCUT2D eigenvalue weighted by molar-refractivity contribution is 5.89. The maximum atomic E-state index is 11.2. The highest BCUT2D eigenvalue weighted by atomic mass is 16.7. The Balaban J connectivity index is 1.99. The van der Waals surface area contributed by atoms with Crippen LogP contribution in [0.5, 0.6) is 0 Å². The predicted molar refractivity (Wildman–Crippen MR) is 92.1 cm³/mol. The van der Waals surface area contributed by atoms with Gasteiger partial charge in [-0.15, -0.1) is 0 Å². The molecule has 2 aliphatic heterocycles. The molecular formula is C19H15N5O4. The summed E-state index contributed by atoms with van der Waals surface area (Å²) in [5.74, 6) is -2.34. The van der Waals surface area contributed by atoms with Gasteiger partial charge in [0.05, 0.1) is 29.0 Å². The first kappa shape index (κ1) is 17.9. The topological polar surface area (TPSA) is 157 Å². The number of nitrogens with zero attached hydrogens (tertiary/aromatic N) is 4. The Morgan fingerprint density at radius 1 is 1.21 bits per heavy atom. The number of nitrogens with one attached hydrogen (secondary N) is 1. The highest BCUT2D eigenvalue weighted by Crippen LogP contribution is 2.69. The first-order valence-electron chi connectivity index (χ1n) is 8.85. The van der Waals surface area contributed by atoms with E-state index in [0.717, 1.165) is 12.8 Å². The van der Waals surface area contributed by atoms with E-state index in [2.05, 4.69) is 6.07 Å². The largest absolute Gasteiger partial charge is 0.447 e. The number of ether oxygens (including phenoxy) is 2. The van der Waals surface area contributed by atoms with Crippen molar-refractivity contribution >= 4 is 11.6 Å². The summed E-state index contributed by atoms with van der Waals surface area (Å²) in [6.45, 7) is 0. The molecule has 0 amide bonds. The van der Waals surface area contributed by atoms with Crippen LogP contribution in [0, 0.1) is 66.3 Å². The third-order valence-corrected chi connectivity index (χ3v) is 6.20. The van der Waals surface area contributed by atoms with Gasteiger partial charge in [-0.25, -0.2) is 0 Å². The number of non-ortho nitro benzene ring substituents is 1. The lowest BCUT2D eigenvalue weighted by Crippen LogP contribution is -2.60. The number of hydrogen-bond donors (Lipinski definition) is 1. The molecule has 0 aromatic heterocycles. The molecule has 3 aliphatic rings. The number of nitro groups is 1. The van der Waals surface area contributed by atoms with Crippen molar-refractivity contribution in [3.05, 3.63) is 39.9 Å². The molecule has 1 saturated carbocycles. The summed E-state index contributed by atoms with van der Waals surface area (Å²) >= 11 is 0. The molecule has 2 bridgehead atoms. The minimum absolute atomic E-state index is 0.219. The average Bonchev–Trinajstić information content (AvgIpc) is 2.92. The molecule has 140 valence electrons. The maximum absolute atomic E-state index is 11.2. The minimum atomic E-state index is -2.07. The number of nitriles is 3. The van der Waals surface area contributed by atoms with E-state index in [1.807, 2.05) is 12.1 Å². The van der Waals surface area contributed by atoms with E-state index in [4.69, 9.17) is 14.9 Å². The molecule has 2 heterocycles. The van der Waals surface area contributed by atoms with Crippen LogP contribution in [0.1, 0.15) is 37.4 Å². The Hall–Kier alpha value is -3.48. The van der Waals surface area contributed by atoms with Crippen molar-refractivity contribution in [2.75, 3.05) is 0 Å². The normalized spacial score (nSPS) is 34.8. The van der Waals surface area contributed by atoms with Gasteiger partial charge in [0.1, 0.15) is 6.10 Å². The van der Waals surface area contributed by atoms with E-state index in [9.17, 15) is 25.9 Å². The summed E-state index contributed by atoms with van der Waals surface area (Å²) in [5, 5.41) is 49.9. The van der Waals surface area contributed by atoms with Crippen molar-refractivity contribution in [3.63, 3.8) is 0 Å². The molecule has 0 radical (unpaired) electrons. The molecule has 4 unspecified atom stereocenters. The molecule has 1 aromatic rings. The van der Waals surface area contributed by atoms with Crippen LogP contribution in [0.15, 0.2) is 24.3 Å². The van der Waals surface area contributed by atoms with Crippen molar-refractivity contribution in [1.82, 2.24) is 0 Å². The zero-order chi connectivity index (χ0) is 20.2. The fraction of sp³-hybridized carbons (Fsp3) is 0.474. The van der Waals surface area contributed by atoms with Gasteiger partial charge in [0.2, 0.25) is 17.1 Å². The first-order valence-corrected chi connectivity index (χ1v) is 8.85. The summed E-state index contributed by atoms with van der Waals surface area (Å²) in [4.78, 5) is 10.6. The quantitative estimate of drug-likeness (QED) is 0.612. The molecule has 9 nitrogen and oxygen atoms in total. The second kappa shape index (κ2) is 5.76. The summed E-state index contributed by atoms with van der Waals surface area (Å²) in [7, 11) is 0. The van der Waals surface area contributed by atoms with Gasteiger partial charge < -0.3 is 9.47 Å². The molecule has 4 rings (SSSR count).